The number of benzene rings is 1. The number of rotatable bonds is 8. The molecule has 0 saturated heterocycles. The molecule has 1 aromatic heterocycles. The van der Waals surface area contributed by atoms with Crippen LogP contribution in [0, 0.1) is 5.92 Å². The van der Waals surface area contributed by atoms with Crippen molar-refractivity contribution in [2.24, 2.45) is 11.7 Å². The van der Waals surface area contributed by atoms with Gasteiger partial charge in [-0.2, -0.15) is 0 Å². The molecule has 1 aromatic carbocycles. The zero-order chi connectivity index (χ0) is 20.1. The van der Waals surface area contributed by atoms with E-state index in [4.69, 9.17) is 15.2 Å². The van der Waals surface area contributed by atoms with E-state index >= 15 is 0 Å². The van der Waals surface area contributed by atoms with E-state index in [9.17, 15) is 4.79 Å². The fourth-order valence-electron chi connectivity index (χ4n) is 4.27. The molecule has 0 fully saturated rings. The van der Waals surface area contributed by atoms with E-state index in [0.717, 1.165) is 35.9 Å². The van der Waals surface area contributed by atoms with Crippen molar-refractivity contribution in [1.82, 2.24) is 4.98 Å². The van der Waals surface area contributed by atoms with Crippen LogP contribution < -0.4 is 5.73 Å². The van der Waals surface area contributed by atoms with E-state index in [1.165, 1.54) is 17.4 Å². The van der Waals surface area contributed by atoms with Crippen LogP contribution in [0.1, 0.15) is 43.6 Å². The molecule has 3 N–H and O–H groups in total. The first-order valence-corrected chi connectivity index (χ1v) is 10.1. The largest absolute Gasteiger partial charge is 0.466 e. The molecule has 0 bridgehead atoms. The molecule has 4 rings (SSSR count). The number of nitrogens with one attached hydrogen (secondary N) is 1. The molecule has 1 aliphatic carbocycles. The highest BCUT2D eigenvalue weighted by atomic mass is 16.5. The van der Waals surface area contributed by atoms with Crippen LogP contribution in [0.3, 0.4) is 0 Å². The number of allylic oxidation sites excluding steroid dienone is 5. The highest BCUT2D eigenvalue weighted by molar-refractivity contribution is 5.84. The molecule has 0 saturated carbocycles. The third-order valence-corrected chi connectivity index (χ3v) is 5.68. The maximum absolute atomic E-state index is 11.6. The summed E-state index contributed by atoms with van der Waals surface area (Å²) in [5.41, 5.74) is 9.16. The lowest BCUT2D eigenvalue weighted by Gasteiger charge is -2.30. The Morgan fingerprint density at radius 3 is 2.86 bits per heavy atom. The first-order valence-electron chi connectivity index (χ1n) is 10.1. The van der Waals surface area contributed by atoms with Gasteiger partial charge in [0.1, 0.15) is 24.5 Å². The third kappa shape index (κ3) is 4.45. The second-order valence-electron chi connectivity index (χ2n) is 7.55. The van der Waals surface area contributed by atoms with Gasteiger partial charge in [-0.05, 0) is 43.2 Å². The predicted molar refractivity (Wildman–Crippen MR) is 113 cm³/mol. The van der Waals surface area contributed by atoms with Crippen molar-refractivity contribution in [2.75, 3.05) is 0 Å². The molecule has 1 amide bonds. The lowest BCUT2D eigenvalue weighted by Crippen LogP contribution is -2.21. The summed E-state index contributed by atoms with van der Waals surface area (Å²) in [6.45, 7) is 0. The van der Waals surface area contributed by atoms with Gasteiger partial charge in [-0.3, -0.25) is 4.79 Å². The molecule has 2 aromatic rings. The van der Waals surface area contributed by atoms with Gasteiger partial charge in [-0.25, -0.2) is 0 Å². The third-order valence-electron chi connectivity index (χ3n) is 5.68. The van der Waals surface area contributed by atoms with Gasteiger partial charge in [-0.15, -0.1) is 0 Å². The van der Waals surface area contributed by atoms with E-state index in [1.54, 1.807) is 12.5 Å². The van der Waals surface area contributed by atoms with Gasteiger partial charge in [0.25, 0.3) is 0 Å². The normalized spacial score (nSPS) is 17.8. The van der Waals surface area contributed by atoms with Crippen molar-refractivity contribution < 1.29 is 14.3 Å². The quantitative estimate of drug-likeness (QED) is 0.654. The van der Waals surface area contributed by atoms with Crippen LogP contribution in [-0.4, -0.2) is 10.9 Å². The van der Waals surface area contributed by atoms with Gasteiger partial charge in [0.15, 0.2) is 0 Å². The molecule has 29 heavy (non-hydrogen) atoms. The number of nitrogens with two attached hydrogens (primary N) is 1. The van der Waals surface area contributed by atoms with Crippen molar-refractivity contribution >= 4 is 16.8 Å². The number of carbonyl (C=O) groups is 1. The van der Waals surface area contributed by atoms with Crippen LogP contribution in [0.4, 0.5) is 0 Å². The summed E-state index contributed by atoms with van der Waals surface area (Å²) in [5, 5.41) is 1.16. The standard InChI is InChI=1S/C24H26N2O3/c25-24(27)11-10-18(21-15-26-22-9-5-4-8-19(21)22)20(23-16-28-12-13-29-23)14-17-6-2-1-3-7-17/h1-2,4-6,8-9,12-13,15-16,18,20,26H,3,7,10-11,14H2,(H2,25,27). The zero-order valence-electron chi connectivity index (χ0n) is 16.3. The van der Waals surface area contributed by atoms with Crippen LogP contribution in [0.25, 0.3) is 10.9 Å². The van der Waals surface area contributed by atoms with Crippen molar-refractivity contribution in [3.63, 3.8) is 0 Å². The second kappa shape index (κ2) is 8.86. The van der Waals surface area contributed by atoms with E-state index < -0.39 is 0 Å². The Morgan fingerprint density at radius 2 is 2.10 bits per heavy atom. The van der Waals surface area contributed by atoms with E-state index in [0.29, 0.717) is 12.8 Å². The zero-order valence-corrected chi connectivity index (χ0v) is 16.3. The summed E-state index contributed by atoms with van der Waals surface area (Å²) < 4.78 is 11.3. The molecule has 2 aliphatic rings. The summed E-state index contributed by atoms with van der Waals surface area (Å²) in [5.74, 6) is 0.592. The van der Waals surface area contributed by atoms with Crippen LogP contribution >= 0.6 is 0 Å². The Bertz CT molecular complexity index is 996. The van der Waals surface area contributed by atoms with Gasteiger partial charge < -0.3 is 20.2 Å². The van der Waals surface area contributed by atoms with Gasteiger partial charge in [0.2, 0.25) is 5.91 Å². The van der Waals surface area contributed by atoms with Crippen molar-refractivity contribution in [3.8, 4) is 0 Å². The number of aromatic amines is 1. The molecule has 150 valence electrons. The fraction of sp³-hybridized carbons (Fsp3) is 0.292. The minimum Gasteiger partial charge on any atom is -0.466 e. The van der Waals surface area contributed by atoms with Crippen molar-refractivity contribution in [1.29, 1.82) is 0 Å². The maximum Gasteiger partial charge on any atom is 0.217 e. The van der Waals surface area contributed by atoms with Crippen LogP contribution in [0.2, 0.25) is 0 Å². The molecule has 2 heterocycles. The van der Waals surface area contributed by atoms with Crippen molar-refractivity contribution in [2.45, 2.75) is 38.0 Å². The average Bonchev–Trinajstić information content (AvgIpc) is 3.18. The minimum atomic E-state index is -0.289. The Labute approximate surface area is 170 Å². The molecule has 2 atom stereocenters. The van der Waals surface area contributed by atoms with Gasteiger partial charge in [-0.1, -0.05) is 42.0 Å². The Hall–Kier alpha value is -3.21. The van der Waals surface area contributed by atoms with Gasteiger partial charge >= 0.3 is 0 Å². The average molecular weight is 390 g/mol. The molecule has 2 unspecified atom stereocenters. The number of carbonyl (C=O) groups excluding carboxylic acids is 1. The number of hydrogen-bond donors (Lipinski definition) is 2. The Balaban J connectivity index is 1.74. The van der Waals surface area contributed by atoms with E-state index in [1.807, 2.05) is 12.1 Å². The SMILES string of the molecule is NC(=O)CCC(c1c[nH]c2ccccc12)C(CC1=CC=CCC1)C1=COC=CO1. The van der Waals surface area contributed by atoms with E-state index in [2.05, 4.69) is 41.5 Å². The topological polar surface area (TPSA) is 77.3 Å². The van der Waals surface area contributed by atoms with Crippen LogP contribution in [-0.2, 0) is 14.3 Å². The highest BCUT2D eigenvalue weighted by Gasteiger charge is 2.31. The predicted octanol–water partition coefficient (Wildman–Crippen LogP) is 5.16. The molecule has 5 nitrogen and oxygen atoms in total. The monoisotopic (exact) mass is 390 g/mol. The Morgan fingerprint density at radius 1 is 1.21 bits per heavy atom. The summed E-state index contributed by atoms with van der Waals surface area (Å²) >= 11 is 0. The summed E-state index contributed by atoms with van der Waals surface area (Å²) in [6.07, 6.45) is 17.2. The maximum atomic E-state index is 11.6. The molecule has 5 heteroatoms. The molecule has 0 spiro atoms. The number of fused-ring (bicyclic) bond motifs is 1. The van der Waals surface area contributed by atoms with Crippen molar-refractivity contribution in [3.05, 3.63) is 84.4 Å². The first kappa shape index (κ1) is 19.1. The molecular formula is C24H26N2O3. The highest BCUT2D eigenvalue weighted by Crippen LogP contribution is 2.42. The van der Waals surface area contributed by atoms with Gasteiger partial charge in [0.05, 0.1) is 0 Å². The minimum absolute atomic E-state index is 0.0382. The number of primary amides is 1. The number of hydrogen-bond acceptors (Lipinski definition) is 3. The summed E-state index contributed by atoms with van der Waals surface area (Å²) in [7, 11) is 0. The fourth-order valence-corrected chi connectivity index (χ4v) is 4.27. The number of aromatic nitrogens is 1. The smallest absolute Gasteiger partial charge is 0.217 e. The second-order valence-corrected chi connectivity index (χ2v) is 7.55. The Kier molecular flexibility index (Phi) is 5.84. The van der Waals surface area contributed by atoms with E-state index in [-0.39, 0.29) is 17.7 Å². The van der Waals surface area contributed by atoms with Crippen LogP contribution in [0.5, 0.6) is 0 Å². The molecular weight excluding hydrogens is 364 g/mol. The number of amides is 1. The summed E-state index contributed by atoms with van der Waals surface area (Å²) in [4.78, 5) is 15.0. The number of H-pyrrole nitrogens is 1. The van der Waals surface area contributed by atoms with Crippen LogP contribution in [0.15, 0.2) is 78.8 Å². The first-order chi connectivity index (χ1) is 14.2. The summed E-state index contributed by atoms with van der Waals surface area (Å²) in [6, 6.07) is 8.24. The molecule has 1 aliphatic heterocycles. The van der Waals surface area contributed by atoms with Gasteiger partial charge in [0, 0.05) is 29.4 Å². The molecule has 0 radical (unpaired) electrons. The number of para-hydroxylation sites is 1. The lowest BCUT2D eigenvalue weighted by atomic mass is 9.77. The number of ether oxygens (including phenoxy) is 2. The lowest BCUT2D eigenvalue weighted by molar-refractivity contribution is -0.118.